The van der Waals surface area contributed by atoms with Crippen molar-refractivity contribution in [2.75, 3.05) is 7.05 Å². The molecule has 0 radical (unpaired) electrons. The molecular formula is C16H18IN. The van der Waals surface area contributed by atoms with Gasteiger partial charge in [0.25, 0.3) is 0 Å². The Labute approximate surface area is 123 Å². The zero-order valence-electron chi connectivity index (χ0n) is 10.6. The Balaban J connectivity index is 1.99. The van der Waals surface area contributed by atoms with E-state index in [0.717, 1.165) is 12.8 Å². The molecule has 0 aliphatic rings. The van der Waals surface area contributed by atoms with Gasteiger partial charge >= 0.3 is 0 Å². The number of halogens is 1. The highest BCUT2D eigenvalue weighted by Gasteiger charge is 2.08. The number of hydrogen-bond donors (Lipinski definition) is 1. The van der Waals surface area contributed by atoms with Gasteiger partial charge in [0.15, 0.2) is 0 Å². The lowest BCUT2D eigenvalue weighted by Crippen LogP contribution is -2.17. The second-order valence-electron chi connectivity index (χ2n) is 4.42. The Hall–Kier alpha value is -0.870. The molecule has 2 heteroatoms. The van der Waals surface area contributed by atoms with Crippen molar-refractivity contribution >= 4 is 22.6 Å². The van der Waals surface area contributed by atoms with Crippen molar-refractivity contribution in [2.24, 2.45) is 0 Å². The molecule has 18 heavy (non-hydrogen) atoms. The minimum Gasteiger partial charge on any atom is -0.313 e. The molecule has 1 atom stereocenters. The first kappa shape index (κ1) is 13.6. The fourth-order valence-electron chi connectivity index (χ4n) is 2.13. The van der Waals surface area contributed by atoms with Crippen LogP contribution in [0.1, 0.15) is 23.6 Å². The maximum Gasteiger partial charge on any atom is 0.0320 e. The molecule has 0 aromatic heterocycles. The summed E-state index contributed by atoms with van der Waals surface area (Å²) in [6.45, 7) is 0. The van der Waals surface area contributed by atoms with Gasteiger partial charge in [0.1, 0.15) is 0 Å². The van der Waals surface area contributed by atoms with Gasteiger partial charge in [-0.3, -0.25) is 0 Å². The molecule has 1 unspecified atom stereocenters. The van der Waals surface area contributed by atoms with E-state index in [9.17, 15) is 0 Å². The molecule has 2 aromatic rings. The zero-order valence-corrected chi connectivity index (χ0v) is 12.7. The van der Waals surface area contributed by atoms with Crippen molar-refractivity contribution in [3.05, 3.63) is 69.3 Å². The van der Waals surface area contributed by atoms with Crippen LogP contribution < -0.4 is 5.32 Å². The Bertz CT molecular complexity index is 464. The van der Waals surface area contributed by atoms with Gasteiger partial charge < -0.3 is 5.32 Å². The molecule has 0 amide bonds. The van der Waals surface area contributed by atoms with Crippen LogP contribution in [0, 0.1) is 3.57 Å². The minimum atomic E-state index is 0.433. The monoisotopic (exact) mass is 351 g/mol. The first-order valence-electron chi connectivity index (χ1n) is 6.26. The van der Waals surface area contributed by atoms with Crippen LogP contribution in [0.15, 0.2) is 54.6 Å². The molecule has 0 aliphatic heterocycles. The molecule has 0 bridgehead atoms. The second-order valence-corrected chi connectivity index (χ2v) is 5.66. The summed E-state index contributed by atoms with van der Waals surface area (Å²) in [5, 5.41) is 3.41. The lowest BCUT2D eigenvalue weighted by atomic mass is 9.99. The summed E-state index contributed by atoms with van der Waals surface area (Å²) in [6.07, 6.45) is 2.24. The van der Waals surface area contributed by atoms with Crippen molar-refractivity contribution in [3.8, 4) is 0 Å². The smallest absolute Gasteiger partial charge is 0.0320 e. The molecule has 94 valence electrons. The first-order chi connectivity index (χ1) is 8.79. The number of benzene rings is 2. The maximum atomic E-state index is 3.41. The highest BCUT2D eigenvalue weighted by molar-refractivity contribution is 14.1. The summed E-state index contributed by atoms with van der Waals surface area (Å²) in [5.74, 6) is 0. The molecule has 2 aromatic carbocycles. The molecule has 0 saturated heterocycles. The molecule has 0 saturated carbocycles. The summed E-state index contributed by atoms with van der Waals surface area (Å²) in [5.41, 5.74) is 2.78. The highest BCUT2D eigenvalue weighted by Crippen LogP contribution is 2.20. The summed E-state index contributed by atoms with van der Waals surface area (Å²) >= 11 is 2.34. The van der Waals surface area contributed by atoms with Crippen LogP contribution in [0.25, 0.3) is 0 Å². The van der Waals surface area contributed by atoms with Crippen molar-refractivity contribution < 1.29 is 0 Å². The van der Waals surface area contributed by atoms with E-state index in [-0.39, 0.29) is 0 Å². The fraction of sp³-hybridized carbons (Fsp3) is 0.250. The van der Waals surface area contributed by atoms with E-state index in [1.54, 1.807) is 0 Å². The van der Waals surface area contributed by atoms with Crippen LogP contribution in [0.3, 0.4) is 0 Å². The van der Waals surface area contributed by atoms with E-state index >= 15 is 0 Å². The molecule has 0 heterocycles. The van der Waals surface area contributed by atoms with E-state index < -0.39 is 0 Å². The van der Waals surface area contributed by atoms with E-state index in [1.807, 2.05) is 7.05 Å². The molecule has 0 fully saturated rings. The Morgan fingerprint density at radius 3 is 2.28 bits per heavy atom. The van der Waals surface area contributed by atoms with Crippen LogP contribution in [0.2, 0.25) is 0 Å². The number of aryl methyl sites for hydroxylation is 1. The highest BCUT2D eigenvalue weighted by atomic mass is 127. The van der Waals surface area contributed by atoms with E-state index in [1.165, 1.54) is 14.7 Å². The second kappa shape index (κ2) is 6.90. The molecule has 0 aliphatic carbocycles. The van der Waals surface area contributed by atoms with E-state index in [4.69, 9.17) is 0 Å². The van der Waals surface area contributed by atoms with Gasteiger partial charge in [-0.1, -0.05) is 42.5 Å². The molecule has 2 rings (SSSR count). The van der Waals surface area contributed by atoms with E-state index in [2.05, 4.69) is 82.5 Å². The lowest BCUT2D eigenvalue weighted by Gasteiger charge is -2.16. The summed E-state index contributed by atoms with van der Waals surface area (Å²) in [4.78, 5) is 0. The van der Waals surface area contributed by atoms with Crippen LogP contribution in [0.4, 0.5) is 0 Å². The number of hydrogen-bond acceptors (Lipinski definition) is 1. The van der Waals surface area contributed by atoms with Gasteiger partial charge in [0.2, 0.25) is 0 Å². The average Bonchev–Trinajstić information content (AvgIpc) is 2.42. The fourth-order valence-corrected chi connectivity index (χ4v) is 2.49. The van der Waals surface area contributed by atoms with Gasteiger partial charge in [0, 0.05) is 9.61 Å². The van der Waals surface area contributed by atoms with Crippen molar-refractivity contribution in [1.82, 2.24) is 5.32 Å². The van der Waals surface area contributed by atoms with Crippen LogP contribution in [-0.4, -0.2) is 7.05 Å². The maximum absolute atomic E-state index is 3.41. The summed E-state index contributed by atoms with van der Waals surface area (Å²) < 4.78 is 1.29. The zero-order chi connectivity index (χ0) is 12.8. The Morgan fingerprint density at radius 2 is 1.67 bits per heavy atom. The van der Waals surface area contributed by atoms with Crippen LogP contribution in [-0.2, 0) is 6.42 Å². The predicted octanol–water partition coefficient (Wildman–Crippen LogP) is 4.18. The van der Waals surface area contributed by atoms with Crippen molar-refractivity contribution in [2.45, 2.75) is 18.9 Å². The summed E-state index contributed by atoms with van der Waals surface area (Å²) in [7, 11) is 2.04. The van der Waals surface area contributed by atoms with Crippen molar-refractivity contribution in [1.29, 1.82) is 0 Å². The van der Waals surface area contributed by atoms with Crippen LogP contribution in [0.5, 0.6) is 0 Å². The predicted molar refractivity (Wildman–Crippen MR) is 85.7 cm³/mol. The normalized spacial score (nSPS) is 12.3. The standard InChI is InChI=1S/C16H18IN/c1-18-16(14-8-10-15(17)11-9-14)12-7-13-5-3-2-4-6-13/h2-6,8-11,16,18H,7,12H2,1H3. The third kappa shape index (κ3) is 3.82. The quantitative estimate of drug-likeness (QED) is 0.797. The minimum absolute atomic E-state index is 0.433. The number of rotatable bonds is 5. The van der Waals surface area contributed by atoms with Gasteiger partial charge in [0.05, 0.1) is 0 Å². The van der Waals surface area contributed by atoms with Gasteiger partial charge in [-0.05, 0) is 65.7 Å². The third-order valence-electron chi connectivity index (χ3n) is 3.19. The topological polar surface area (TPSA) is 12.0 Å². The molecular weight excluding hydrogens is 333 g/mol. The number of nitrogens with one attached hydrogen (secondary N) is 1. The third-order valence-corrected chi connectivity index (χ3v) is 3.90. The van der Waals surface area contributed by atoms with Gasteiger partial charge in [-0.2, -0.15) is 0 Å². The molecule has 0 spiro atoms. The van der Waals surface area contributed by atoms with Gasteiger partial charge in [-0.15, -0.1) is 0 Å². The molecule has 1 nitrogen and oxygen atoms in total. The van der Waals surface area contributed by atoms with Crippen LogP contribution >= 0.6 is 22.6 Å². The van der Waals surface area contributed by atoms with Gasteiger partial charge in [-0.25, -0.2) is 0 Å². The Morgan fingerprint density at radius 1 is 1.00 bits per heavy atom. The SMILES string of the molecule is CNC(CCc1ccccc1)c1ccc(I)cc1. The largest absolute Gasteiger partial charge is 0.313 e. The first-order valence-corrected chi connectivity index (χ1v) is 7.34. The summed E-state index contributed by atoms with van der Waals surface area (Å²) in [6, 6.07) is 19.9. The lowest BCUT2D eigenvalue weighted by molar-refractivity contribution is 0.549. The van der Waals surface area contributed by atoms with Crippen molar-refractivity contribution in [3.63, 3.8) is 0 Å². The average molecular weight is 351 g/mol. The van der Waals surface area contributed by atoms with E-state index in [0.29, 0.717) is 6.04 Å². The Kier molecular flexibility index (Phi) is 5.20. The molecule has 1 N–H and O–H groups in total.